The van der Waals surface area contributed by atoms with Gasteiger partial charge >= 0.3 is 52.1 Å². The van der Waals surface area contributed by atoms with E-state index in [2.05, 4.69) is 83.0 Å². The molecule has 1 atom stereocenters. The fraction of sp³-hybridized carbons (Fsp3) is 1.00. The average molecular weight is 1020 g/mol. The first-order valence-electron chi connectivity index (χ1n) is 22.6. The lowest BCUT2D eigenvalue weighted by molar-refractivity contribution is 0.0701. The van der Waals surface area contributed by atoms with Crippen LogP contribution in [0.1, 0.15) is 61.3 Å². The normalized spacial score (nSPS) is 14.9. The highest BCUT2D eigenvalue weighted by Gasteiger charge is 2.56. The molecule has 0 spiro atoms. The Balaban J connectivity index is 5.74. The van der Waals surface area contributed by atoms with E-state index >= 15 is 0 Å². The van der Waals surface area contributed by atoms with Gasteiger partial charge in [0.15, 0.2) is 16.6 Å². The summed E-state index contributed by atoms with van der Waals surface area (Å²) in [4.78, 5) is 0. The molecule has 1 unspecified atom stereocenters. The first-order chi connectivity index (χ1) is 27.8. The molecule has 0 aliphatic rings. The summed E-state index contributed by atoms with van der Waals surface area (Å²) in [6.07, 6.45) is 1.82. The van der Waals surface area contributed by atoms with Crippen molar-refractivity contribution in [1.29, 1.82) is 0 Å². The second-order valence-corrected chi connectivity index (χ2v) is 48.6. The number of rotatable bonds is 39. The minimum atomic E-state index is -2.90. The zero-order chi connectivity index (χ0) is 46.4. The number of nitrogens with one attached hydrogen (secondary N) is 2. The van der Waals surface area contributed by atoms with Crippen LogP contribution in [-0.4, -0.2) is 158 Å². The highest BCUT2D eigenvalue weighted by Crippen LogP contribution is 2.37. The van der Waals surface area contributed by atoms with Crippen molar-refractivity contribution in [2.24, 2.45) is 0 Å². The van der Waals surface area contributed by atoms with Crippen LogP contribution >= 0.6 is 0 Å². The Bertz CT molecular complexity index is 1060. The lowest BCUT2D eigenvalue weighted by atomic mass is 10.4. The third kappa shape index (κ3) is 23.2. The standard InChI is InChI=1S/C36H94N2O13Si9/c1-21-42-58(43-22-2,44-23-3)32-27-29-37-36(38-30-28-33-59(45-24-4,46-25-5)47-26-6)52-31-34-53(11,12)48-55(15,16)50-57(19,20)51-56(17,18)49-54(13,14)35(7)60(39-8,40-9)41-10/h35-38H,21-34,52H2,1-20H3. The minimum absolute atomic E-state index is 0.00481. The molecular formula is C36H94N2O13Si9. The Morgan fingerprint density at radius 2 is 0.800 bits per heavy atom. The van der Waals surface area contributed by atoms with E-state index < -0.39 is 78.3 Å². The molecule has 0 amide bonds. The van der Waals surface area contributed by atoms with Crippen molar-refractivity contribution in [3.05, 3.63) is 0 Å². The van der Waals surface area contributed by atoms with Crippen LogP contribution in [0.3, 0.4) is 0 Å². The Morgan fingerprint density at radius 3 is 1.13 bits per heavy atom. The summed E-state index contributed by atoms with van der Waals surface area (Å²) in [6, 6.07) is 3.79. The quantitative estimate of drug-likeness (QED) is 0.0361. The molecule has 0 fully saturated rings. The summed E-state index contributed by atoms with van der Waals surface area (Å²) >= 11 is 0. The second-order valence-electron chi connectivity index (χ2n) is 17.4. The molecule has 0 heterocycles. The van der Waals surface area contributed by atoms with Crippen LogP contribution in [0, 0.1) is 0 Å². The van der Waals surface area contributed by atoms with Gasteiger partial charge in [0.25, 0.3) is 0 Å². The monoisotopic (exact) mass is 1010 g/mol. The summed E-state index contributed by atoms with van der Waals surface area (Å²) in [5.74, 6) is 0.257. The Labute approximate surface area is 379 Å². The Kier molecular flexibility index (Phi) is 29.8. The molecule has 0 rings (SSSR count). The molecular weight excluding hydrogens is 921 g/mol. The Hall–Kier alpha value is 1.35. The molecule has 2 N–H and O–H groups in total. The van der Waals surface area contributed by atoms with Crippen molar-refractivity contribution in [3.8, 4) is 0 Å². The van der Waals surface area contributed by atoms with E-state index in [-0.39, 0.29) is 11.0 Å². The second kappa shape index (κ2) is 29.2. The molecule has 0 bridgehead atoms. The smallest absolute Gasteiger partial charge is 0.436 e. The zero-order valence-corrected chi connectivity index (χ0v) is 51.5. The van der Waals surface area contributed by atoms with Crippen molar-refractivity contribution < 1.29 is 56.3 Å². The summed E-state index contributed by atoms with van der Waals surface area (Å²) in [5.41, 5.74) is 0. The van der Waals surface area contributed by atoms with Gasteiger partial charge in [-0.2, -0.15) is 0 Å². The molecule has 60 heavy (non-hydrogen) atoms. The van der Waals surface area contributed by atoms with Gasteiger partial charge in [0, 0.05) is 84.0 Å². The van der Waals surface area contributed by atoms with Crippen molar-refractivity contribution in [2.45, 2.75) is 162 Å². The lowest BCUT2D eigenvalue weighted by Gasteiger charge is -2.45. The minimum Gasteiger partial charge on any atom is -0.436 e. The van der Waals surface area contributed by atoms with E-state index in [4.69, 9.17) is 56.3 Å². The van der Waals surface area contributed by atoms with Crippen molar-refractivity contribution in [3.63, 3.8) is 0 Å². The van der Waals surface area contributed by atoms with Crippen LogP contribution in [0.15, 0.2) is 0 Å². The summed E-state index contributed by atoms with van der Waals surface area (Å²) < 4.78 is 82.1. The van der Waals surface area contributed by atoms with Crippen LogP contribution in [-0.2, 0) is 56.3 Å². The van der Waals surface area contributed by atoms with Gasteiger partial charge in [0.2, 0.25) is 0 Å². The fourth-order valence-electron chi connectivity index (χ4n) is 8.06. The van der Waals surface area contributed by atoms with E-state index in [1.165, 1.54) is 0 Å². The molecule has 24 heteroatoms. The third-order valence-corrected chi connectivity index (χ3v) is 44.6. The first kappa shape index (κ1) is 61.4. The number of hydrogen-bond acceptors (Lipinski definition) is 15. The van der Waals surface area contributed by atoms with E-state index in [0.717, 1.165) is 50.1 Å². The van der Waals surface area contributed by atoms with E-state index in [1.807, 2.05) is 41.5 Å². The van der Waals surface area contributed by atoms with Crippen molar-refractivity contribution in [2.75, 3.05) is 74.1 Å². The largest absolute Gasteiger partial charge is 0.502 e. The predicted octanol–water partition coefficient (Wildman–Crippen LogP) is 7.30. The van der Waals surface area contributed by atoms with Crippen LogP contribution in [0.5, 0.6) is 0 Å². The van der Waals surface area contributed by atoms with Gasteiger partial charge < -0.3 is 66.9 Å². The number of hydrogen-bond donors (Lipinski definition) is 2. The van der Waals surface area contributed by atoms with Crippen LogP contribution in [0.4, 0.5) is 0 Å². The molecule has 0 aromatic rings. The fourth-order valence-corrected chi connectivity index (χ4v) is 47.9. The topological polar surface area (TPSA) is 144 Å². The van der Waals surface area contributed by atoms with Gasteiger partial charge in [-0.3, -0.25) is 0 Å². The maximum absolute atomic E-state index is 7.05. The van der Waals surface area contributed by atoms with Crippen LogP contribution < -0.4 is 10.6 Å². The van der Waals surface area contributed by atoms with Gasteiger partial charge in [-0.25, -0.2) is 0 Å². The van der Waals surface area contributed by atoms with Crippen molar-refractivity contribution >= 4 is 78.3 Å². The van der Waals surface area contributed by atoms with Gasteiger partial charge in [-0.1, -0.05) is 13.0 Å². The average Bonchev–Trinajstić information content (AvgIpc) is 3.11. The molecule has 0 saturated heterocycles. The predicted molar refractivity (Wildman–Crippen MR) is 266 cm³/mol. The zero-order valence-electron chi connectivity index (χ0n) is 42.1. The molecule has 0 aliphatic carbocycles. The SMILES string of the molecule is CCO[Si](CCCNC(NCCC[Si](OCC)(OCC)OCC)[SiH2]CC[Si](C)(C)O[Si](C)(C)O[Si](C)(C)O[Si](C)(C)O[Si](C)(C)C(C)[Si](OC)(OC)OC)(OCC)OCC. The third-order valence-electron chi connectivity index (χ3n) is 10.00. The molecule has 0 aromatic carbocycles. The molecule has 0 radical (unpaired) electrons. The lowest BCUT2D eigenvalue weighted by Crippen LogP contribution is -2.62. The molecule has 0 aromatic heterocycles. The summed E-state index contributed by atoms with van der Waals surface area (Å²) in [7, 11) is -16.2. The maximum Gasteiger partial charge on any atom is 0.502 e. The molecule has 0 aliphatic heterocycles. The highest BCUT2D eigenvalue weighted by molar-refractivity contribution is 6.94. The Morgan fingerprint density at radius 1 is 0.467 bits per heavy atom. The highest BCUT2D eigenvalue weighted by atomic mass is 28.5. The summed E-state index contributed by atoms with van der Waals surface area (Å²) in [5, 5.41) is 7.74. The molecule has 0 saturated carbocycles. The van der Waals surface area contributed by atoms with E-state index in [1.54, 1.807) is 21.3 Å². The van der Waals surface area contributed by atoms with E-state index in [9.17, 15) is 0 Å². The van der Waals surface area contributed by atoms with Gasteiger partial charge in [0.1, 0.15) is 0 Å². The first-order valence-corrected chi connectivity index (χ1v) is 44.6. The van der Waals surface area contributed by atoms with Crippen LogP contribution in [0.2, 0.25) is 94.8 Å². The van der Waals surface area contributed by atoms with Crippen LogP contribution in [0.25, 0.3) is 0 Å². The molecule has 362 valence electrons. The maximum atomic E-state index is 7.05. The summed E-state index contributed by atoms with van der Waals surface area (Å²) in [6.45, 7) is 41.2. The van der Waals surface area contributed by atoms with E-state index in [0.29, 0.717) is 39.6 Å². The van der Waals surface area contributed by atoms with Crippen molar-refractivity contribution in [1.82, 2.24) is 10.6 Å². The van der Waals surface area contributed by atoms with Gasteiger partial charge in [-0.05, 0) is 139 Å². The van der Waals surface area contributed by atoms with Gasteiger partial charge in [-0.15, -0.1) is 0 Å². The molecule has 15 nitrogen and oxygen atoms in total. The van der Waals surface area contributed by atoms with Gasteiger partial charge in [0.05, 0.1) is 9.52 Å².